The van der Waals surface area contributed by atoms with Crippen LogP contribution in [0.25, 0.3) is 0 Å². The number of alkyl halides is 1. The summed E-state index contributed by atoms with van der Waals surface area (Å²) in [5.41, 5.74) is 0. The summed E-state index contributed by atoms with van der Waals surface area (Å²) in [6.45, 7) is 2.44. The van der Waals surface area contributed by atoms with Gasteiger partial charge in [0.05, 0.1) is 0 Å². The highest BCUT2D eigenvalue weighted by Gasteiger charge is 2.34. The summed E-state index contributed by atoms with van der Waals surface area (Å²) in [6.07, 6.45) is 3.78. The lowest BCUT2D eigenvalue weighted by molar-refractivity contribution is 0.0705. The number of likely N-dealkylation sites (tertiary alicyclic amines) is 1. The van der Waals surface area contributed by atoms with Crippen molar-refractivity contribution in [2.45, 2.75) is 37.9 Å². The predicted molar refractivity (Wildman–Crippen MR) is 38.7 cm³/mol. The fourth-order valence-electron chi connectivity index (χ4n) is 1.93. The van der Waals surface area contributed by atoms with Crippen LogP contribution in [0.4, 0.5) is 4.39 Å². The van der Waals surface area contributed by atoms with Crippen LogP contribution < -0.4 is 0 Å². The Labute approximate surface area is 61.2 Å². The lowest BCUT2D eigenvalue weighted by Gasteiger charge is -2.37. The summed E-state index contributed by atoms with van der Waals surface area (Å²) in [6, 6.07) is 0.609. The summed E-state index contributed by atoms with van der Waals surface area (Å²) in [7, 11) is 0. The number of hydrogen-bond acceptors (Lipinski definition) is 1. The molecule has 58 valence electrons. The van der Waals surface area contributed by atoms with Gasteiger partial charge in [-0.05, 0) is 38.8 Å². The van der Waals surface area contributed by atoms with Gasteiger partial charge in [0.15, 0.2) is 0 Å². The average molecular weight is 143 g/mol. The monoisotopic (exact) mass is 143 g/mol. The third-order valence-electron chi connectivity index (χ3n) is 2.71. The lowest BCUT2D eigenvalue weighted by Crippen LogP contribution is -2.44. The zero-order chi connectivity index (χ0) is 6.97. The maximum Gasteiger partial charge on any atom is 0.103 e. The van der Waals surface area contributed by atoms with Crippen molar-refractivity contribution < 1.29 is 4.39 Å². The van der Waals surface area contributed by atoms with Crippen molar-refractivity contribution in [2.24, 2.45) is 0 Å². The quantitative estimate of drug-likeness (QED) is 0.538. The van der Waals surface area contributed by atoms with Crippen LogP contribution in [0.1, 0.15) is 25.7 Å². The van der Waals surface area contributed by atoms with Crippen LogP contribution in [-0.4, -0.2) is 30.2 Å². The van der Waals surface area contributed by atoms with Crippen LogP contribution >= 0.6 is 0 Å². The highest BCUT2D eigenvalue weighted by molar-refractivity contribution is 4.88. The zero-order valence-corrected chi connectivity index (χ0v) is 6.22. The van der Waals surface area contributed by atoms with Gasteiger partial charge in [-0.15, -0.1) is 0 Å². The molecule has 0 bridgehead atoms. The van der Waals surface area contributed by atoms with Crippen LogP contribution in [0.5, 0.6) is 0 Å². The van der Waals surface area contributed by atoms with E-state index in [0.29, 0.717) is 6.04 Å². The van der Waals surface area contributed by atoms with E-state index in [0.717, 1.165) is 12.8 Å². The third kappa shape index (κ3) is 1.05. The van der Waals surface area contributed by atoms with E-state index in [2.05, 4.69) is 4.90 Å². The first-order chi connectivity index (χ1) is 4.86. The van der Waals surface area contributed by atoms with Gasteiger partial charge in [-0.2, -0.15) is 0 Å². The molecule has 2 fully saturated rings. The van der Waals surface area contributed by atoms with Crippen LogP contribution in [-0.2, 0) is 0 Å². The molecule has 1 aliphatic heterocycles. The third-order valence-corrected chi connectivity index (χ3v) is 2.71. The molecule has 0 aromatic rings. The van der Waals surface area contributed by atoms with Gasteiger partial charge in [-0.3, -0.25) is 0 Å². The summed E-state index contributed by atoms with van der Waals surface area (Å²) >= 11 is 0. The SMILES string of the molecule is FC1CC(N2CCCC2)C1. The molecule has 1 heterocycles. The van der Waals surface area contributed by atoms with Crippen LogP contribution in [0.2, 0.25) is 0 Å². The number of halogens is 1. The van der Waals surface area contributed by atoms with Crippen LogP contribution in [0, 0.1) is 0 Å². The highest BCUT2D eigenvalue weighted by Crippen LogP contribution is 2.30. The number of nitrogens with zero attached hydrogens (tertiary/aromatic N) is 1. The van der Waals surface area contributed by atoms with E-state index in [1.54, 1.807) is 0 Å². The van der Waals surface area contributed by atoms with E-state index < -0.39 is 6.17 Å². The molecule has 2 rings (SSSR count). The first-order valence-corrected chi connectivity index (χ1v) is 4.24. The second-order valence-corrected chi connectivity index (χ2v) is 3.47. The second-order valence-electron chi connectivity index (χ2n) is 3.47. The first-order valence-electron chi connectivity index (χ1n) is 4.24. The highest BCUT2D eigenvalue weighted by atomic mass is 19.1. The van der Waals surface area contributed by atoms with Crippen molar-refractivity contribution in [3.05, 3.63) is 0 Å². The van der Waals surface area contributed by atoms with E-state index in [-0.39, 0.29) is 0 Å². The Morgan fingerprint density at radius 1 is 1.10 bits per heavy atom. The molecule has 0 N–H and O–H groups in total. The number of hydrogen-bond donors (Lipinski definition) is 0. The van der Waals surface area contributed by atoms with Gasteiger partial charge in [-0.25, -0.2) is 4.39 Å². The summed E-state index contributed by atoms with van der Waals surface area (Å²) in [4.78, 5) is 2.44. The molecule has 0 radical (unpaired) electrons. The topological polar surface area (TPSA) is 3.24 Å². The molecule has 0 aromatic heterocycles. The molecule has 0 amide bonds. The Balaban J connectivity index is 1.78. The molecule has 1 saturated carbocycles. The molecular weight excluding hydrogens is 129 g/mol. The Bertz CT molecular complexity index is 114. The molecule has 1 nitrogen and oxygen atoms in total. The Morgan fingerprint density at radius 2 is 1.70 bits per heavy atom. The van der Waals surface area contributed by atoms with E-state index in [1.165, 1.54) is 25.9 Å². The average Bonchev–Trinajstić information content (AvgIpc) is 2.31. The van der Waals surface area contributed by atoms with Gasteiger partial charge in [0, 0.05) is 6.04 Å². The van der Waals surface area contributed by atoms with Gasteiger partial charge < -0.3 is 4.90 Å². The van der Waals surface area contributed by atoms with E-state index in [1.807, 2.05) is 0 Å². The Kier molecular flexibility index (Phi) is 1.65. The first kappa shape index (κ1) is 6.59. The van der Waals surface area contributed by atoms with Crippen LogP contribution in [0.3, 0.4) is 0 Å². The minimum atomic E-state index is -0.481. The minimum Gasteiger partial charge on any atom is -0.300 e. The summed E-state index contributed by atoms with van der Waals surface area (Å²) in [5, 5.41) is 0. The van der Waals surface area contributed by atoms with E-state index >= 15 is 0 Å². The van der Waals surface area contributed by atoms with Gasteiger partial charge in [-0.1, -0.05) is 0 Å². The molecule has 1 saturated heterocycles. The fraction of sp³-hybridized carbons (Fsp3) is 1.00. The van der Waals surface area contributed by atoms with E-state index in [9.17, 15) is 4.39 Å². The number of rotatable bonds is 1. The molecule has 2 aliphatic rings. The fourth-order valence-corrected chi connectivity index (χ4v) is 1.93. The van der Waals surface area contributed by atoms with Crippen molar-refractivity contribution in [3.63, 3.8) is 0 Å². The molecule has 2 heteroatoms. The van der Waals surface area contributed by atoms with Crippen molar-refractivity contribution in [3.8, 4) is 0 Å². The summed E-state index contributed by atoms with van der Waals surface area (Å²) < 4.78 is 12.4. The van der Waals surface area contributed by atoms with Crippen molar-refractivity contribution in [2.75, 3.05) is 13.1 Å². The maximum absolute atomic E-state index is 12.4. The minimum absolute atomic E-state index is 0.481. The van der Waals surface area contributed by atoms with Gasteiger partial charge in [0.1, 0.15) is 6.17 Å². The molecule has 0 unspecified atom stereocenters. The van der Waals surface area contributed by atoms with E-state index in [4.69, 9.17) is 0 Å². The molecule has 1 aliphatic carbocycles. The lowest BCUT2D eigenvalue weighted by atomic mass is 9.89. The smallest absolute Gasteiger partial charge is 0.103 e. The summed E-state index contributed by atoms with van der Waals surface area (Å²) in [5.74, 6) is 0. The molecular formula is C8H14FN. The van der Waals surface area contributed by atoms with Crippen molar-refractivity contribution >= 4 is 0 Å². The predicted octanol–water partition coefficient (Wildman–Crippen LogP) is 1.58. The van der Waals surface area contributed by atoms with Crippen LogP contribution in [0.15, 0.2) is 0 Å². The molecule has 0 aromatic carbocycles. The zero-order valence-electron chi connectivity index (χ0n) is 6.22. The normalized spacial score (nSPS) is 41.7. The largest absolute Gasteiger partial charge is 0.300 e. The van der Waals surface area contributed by atoms with Gasteiger partial charge >= 0.3 is 0 Å². The van der Waals surface area contributed by atoms with Gasteiger partial charge in [0.25, 0.3) is 0 Å². The standard InChI is InChI=1S/C8H14FN/c9-7-5-8(6-7)10-3-1-2-4-10/h7-8H,1-6H2. The second kappa shape index (κ2) is 2.50. The molecule has 0 atom stereocenters. The molecule has 0 spiro atoms. The molecule has 10 heavy (non-hydrogen) atoms. The Morgan fingerprint density at radius 3 is 2.20 bits per heavy atom. The van der Waals surface area contributed by atoms with Gasteiger partial charge in [0.2, 0.25) is 0 Å². The maximum atomic E-state index is 12.4. The van der Waals surface area contributed by atoms with Crippen molar-refractivity contribution in [1.29, 1.82) is 0 Å². The Hall–Kier alpha value is -0.110. The van der Waals surface area contributed by atoms with Crippen molar-refractivity contribution in [1.82, 2.24) is 4.90 Å².